The van der Waals surface area contributed by atoms with Crippen LogP contribution in [0.4, 0.5) is 0 Å². The first kappa shape index (κ1) is 17.8. The van der Waals surface area contributed by atoms with Gasteiger partial charge in [0.15, 0.2) is 0 Å². The maximum atomic E-state index is 12.1. The van der Waals surface area contributed by atoms with Gasteiger partial charge in [-0.3, -0.25) is 4.79 Å². The van der Waals surface area contributed by atoms with Crippen molar-refractivity contribution < 1.29 is 14.6 Å². The number of nitrogens with zero attached hydrogens (tertiary/aromatic N) is 1. The number of phenols is 1. The summed E-state index contributed by atoms with van der Waals surface area (Å²) >= 11 is 5.91. The predicted octanol–water partition coefficient (Wildman–Crippen LogP) is 3.99. The molecule has 0 aromatic heterocycles. The predicted molar refractivity (Wildman–Crippen MR) is 95.0 cm³/mol. The lowest BCUT2D eigenvalue weighted by atomic mass is 10.1. The van der Waals surface area contributed by atoms with Gasteiger partial charge in [0.2, 0.25) is 0 Å². The summed E-state index contributed by atoms with van der Waals surface area (Å²) in [5.74, 6) is 0.419. The number of rotatable bonds is 6. The van der Waals surface area contributed by atoms with Crippen molar-refractivity contribution in [2.45, 2.75) is 20.3 Å². The van der Waals surface area contributed by atoms with E-state index in [4.69, 9.17) is 16.3 Å². The molecule has 0 bridgehead atoms. The molecule has 0 aliphatic heterocycles. The van der Waals surface area contributed by atoms with E-state index >= 15 is 0 Å². The number of carbonyl (C=O) groups is 1. The second-order valence-electron chi connectivity index (χ2n) is 5.17. The van der Waals surface area contributed by atoms with Gasteiger partial charge in [0.25, 0.3) is 5.91 Å². The normalized spacial score (nSPS) is 11.2. The van der Waals surface area contributed by atoms with Crippen LogP contribution in [0.1, 0.15) is 36.2 Å². The van der Waals surface area contributed by atoms with Crippen LogP contribution < -0.4 is 10.2 Å². The molecule has 0 heterocycles. The number of hydrogen-bond donors (Lipinski definition) is 2. The molecule has 2 rings (SSSR count). The van der Waals surface area contributed by atoms with Crippen molar-refractivity contribution >= 4 is 23.2 Å². The summed E-state index contributed by atoms with van der Waals surface area (Å²) < 4.78 is 5.47. The number of aromatic hydroxyl groups is 1. The standard InChI is InChI=1S/C18H19ClN2O3/c1-3-10-24-15-7-4-13(5-8-15)18(23)21-20-12(2)16-11-14(19)6-9-17(16)22/h4-9,11,22H,3,10H2,1-2H3,(H,21,23)/b20-12-. The third-order valence-electron chi connectivity index (χ3n) is 3.26. The number of hydrogen-bond acceptors (Lipinski definition) is 4. The fraction of sp³-hybridized carbons (Fsp3) is 0.222. The van der Waals surface area contributed by atoms with Gasteiger partial charge in [-0.1, -0.05) is 18.5 Å². The summed E-state index contributed by atoms with van der Waals surface area (Å²) in [5.41, 5.74) is 3.84. The van der Waals surface area contributed by atoms with Gasteiger partial charge in [0, 0.05) is 16.1 Å². The highest BCUT2D eigenvalue weighted by molar-refractivity contribution is 6.31. The number of phenolic OH excluding ortho intramolecular Hbond substituents is 1. The van der Waals surface area contributed by atoms with Crippen LogP contribution in [0, 0.1) is 0 Å². The number of amides is 1. The van der Waals surface area contributed by atoms with Gasteiger partial charge in [-0.05, 0) is 55.8 Å². The van der Waals surface area contributed by atoms with Crippen molar-refractivity contribution in [3.05, 3.63) is 58.6 Å². The average molecular weight is 347 g/mol. The molecule has 126 valence electrons. The zero-order chi connectivity index (χ0) is 17.5. The minimum atomic E-state index is -0.349. The lowest BCUT2D eigenvalue weighted by Gasteiger charge is -2.07. The fourth-order valence-electron chi connectivity index (χ4n) is 1.98. The van der Waals surface area contributed by atoms with Gasteiger partial charge in [-0.15, -0.1) is 0 Å². The maximum absolute atomic E-state index is 12.1. The number of benzene rings is 2. The molecule has 2 aromatic rings. The second kappa shape index (κ2) is 8.36. The second-order valence-corrected chi connectivity index (χ2v) is 5.61. The van der Waals surface area contributed by atoms with E-state index in [-0.39, 0.29) is 11.7 Å². The molecule has 24 heavy (non-hydrogen) atoms. The number of hydrazone groups is 1. The molecule has 1 amide bonds. The Bertz CT molecular complexity index is 742. The molecule has 0 unspecified atom stereocenters. The zero-order valence-electron chi connectivity index (χ0n) is 13.5. The molecule has 0 aliphatic rings. The molecule has 0 saturated heterocycles. The minimum Gasteiger partial charge on any atom is -0.507 e. The van der Waals surface area contributed by atoms with Crippen molar-refractivity contribution in [2.24, 2.45) is 5.10 Å². The van der Waals surface area contributed by atoms with Crippen molar-refractivity contribution in [1.29, 1.82) is 0 Å². The van der Waals surface area contributed by atoms with Crippen LogP contribution in [0.5, 0.6) is 11.5 Å². The SMILES string of the molecule is CCCOc1ccc(C(=O)N/N=C(/C)c2cc(Cl)ccc2O)cc1. The monoisotopic (exact) mass is 346 g/mol. The van der Waals surface area contributed by atoms with Gasteiger partial charge in [-0.25, -0.2) is 5.43 Å². The Balaban J connectivity index is 2.05. The highest BCUT2D eigenvalue weighted by Crippen LogP contribution is 2.22. The van der Waals surface area contributed by atoms with E-state index in [2.05, 4.69) is 10.5 Å². The lowest BCUT2D eigenvalue weighted by molar-refractivity contribution is 0.0955. The minimum absolute atomic E-state index is 0.0484. The fourth-order valence-corrected chi connectivity index (χ4v) is 2.15. The van der Waals surface area contributed by atoms with Crippen molar-refractivity contribution in [3.8, 4) is 11.5 Å². The third-order valence-corrected chi connectivity index (χ3v) is 3.50. The van der Waals surface area contributed by atoms with E-state index in [9.17, 15) is 9.90 Å². The maximum Gasteiger partial charge on any atom is 0.271 e. The van der Waals surface area contributed by atoms with E-state index < -0.39 is 0 Å². The number of halogens is 1. The molecule has 0 aliphatic carbocycles. The smallest absolute Gasteiger partial charge is 0.271 e. The summed E-state index contributed by atoms with van der Waals surface area (Å²) in [6.07, 6.45) is 0.923. The van der Waals surface area contributed by atoms with Gasteiger partial charge < -0.3 is 9.84 Å². The molecule has 0 fully saturated rings. The largest absolute Gasteiger partial charge is 0.507 e. The van der Waals surface area contributed by atoms with E-state index in [1.165, 1.54) is 6.07 Å². The Hall–Kier alpha value is -2.53. The summed E-state index contributed by atoms with van der Waals surface area (Å²) in [4.78, 5) is 12.1. The van der Waals surface area contributed by atoms with Crippen molar-refractivity contribution in [3.63, 3.8) is 0 Å². The van der Waals surface area contributed by atoms with Crippen LogP contribution in [0.3, 0.4) is 0 Å². The molecule has 5 nitrogen and oxygen atoms in total. The number of ether oxygens (including phenoxy) is 1. The number of nitrogens with one attached hydrogen (secondary N) is 1. The van der Waals surface area contributed by atoms with Gasteiger partial charge in [0.05, 0.1) is 12.3 Å². The average Bonchev–Trinajstić information content (AvgIpc) is 2.60. The van der Waals surface area contributed by atoms with Crippen LogP contribution in [-0.4, -0.2) is 23.3 Å². The first-order valence-corrected chi connectivity index (χ1v) is 7.95. The van der Waals surface area contributed by atoms with Crippen LogP contribution in [0.2, 0.25) is 5.02 Å². The van der Waals surface area contributed by atoms with E-state index in [1.54, 1.807) is 43.3 Å². The molecule has 0 spiro atoms. The van der Waals surface area contributed by atoms with Crippen molar-refractivity contribution in [2.75, 3.05) is 6.61 Å². The van der Waals surface area contributed by atoms with Gasteiger partial charge in [-0.2, -0.15) is 5.10 Å². The van der Waals surface area contributed by atoms with Crippen LogP contribution >= 0.6 is 11.6 Å². The summed E-state index contributed by atoms with van der Waals surface area (Å²) in [7, 11) is 0. The van der Waals surface area contributed by atoms with Gasteiger partial charge in [0.1, 0.15) is 11.5 Å². The molecular formula is C18H19ClN2O3. The summed E-state index contributed by atoms with van der Waals surface area (Å²) in [6, 6.07) is 11.5. The Morgan fingerprint density at radius 3 is 2.62 bits per heavy atom. The quantitative estimate of drug-likeness (QED) is 0.613. The summed E-state index contributed by atoms with van der Waals surface area (Å²) in [5, 5.41) is 14.3. The first-order chi connectivity index (χ1) is 11.5. The Labute approximate surface area is 145 Å². The Morgan fingerprint density at radius 2 is 1.96 bits per heavy atom. The highest BCUT2D eigenvalue weighted by atomic mass is 35.5. The zero-order valence-corrected chi connectivity index (χ0v) is 14.3. The molecule has 2 aromatic carbocycles. The third kappa shape index (κ3) is 4.73. The molecule has 2 N–H and O–H groups in total. The molecule has 0 radical (unpaired) electrons. The Morgan fingerprint density at radius 1 is 1.25 bits per heavy atom. The number of carbonyl (C=O) groups excluding carboxylic acids is 1. The molecular weight excluding hydrogens is 328 g/mol. The Kier molecular flexibility index (Phi) is 6.21. The highest BCUT2D eigenvalue weighted by Gasteiger charge is 2.08. The van der Waals surface area contributed by atoms with E-state index in [0.29, 0.717) is 28.5 Å². The topological polar surface area (TPSA) is 70.9 Å². The van der Waals surface area contributed by atoms with Gasteiger partial charge >= 0.3 is 0 Å². The van der Waals surface area contributed by atoms with Crippen LogP contribution in [0.25, 0.3) is 0 Å². The van der Waals surface area contributed by atoms with Crippen LogP contribution in [0.15, 0.2) is 47.6 Å². The summed E-state index contributed by atoms with van der Waals surface area (Å²) in [6.45, 7) is 4.34. The van der Waals surface area contributed by atoms with Crippen LogP contribution in [-0.2, 0) is 0 Å². The molecule has 6 heteroatoms. The van der Waals surface area contributed by atoms with E-state index in [0.717, 1.165) is 12.2 Å². The molecule has 0 atom stereocenters. The lowest BCUT2D eigenvalue weighted by Crippen LogP contribution is -2.19. The first-order valence-electron chi connectivity index (χ1n) is 7.57. The van der Waals surface area contributed by atoms with Crippen molar-refractivity contribution in [1.82, 2.24) is 5.43 Å². The molecule has 0 saturated carbocycles. The van der Waals surface area contributed by atoms with E-state index in [1.807, 2.05) is 6.92 Å².